The van der Waals surface area contributed by atoms with Crippen LogP contribution in [0.25, 0.3) is 0 Å². The minimum absolute atomic E-state index is 0.167. The van der Waals surface area contributed by atoms with Crippen LogP contribution >= 0.6 is 18.9 Å². The lowest BCUT2D eigenvalue weighted by molar-refractivity contribution is -0.115. The van der Waals surface area contributed by atoms with Crippen molar-refractivity contribution in [2.45, 2.75) is 67.7 Å². The summed E-state index contributed by atoms with van der Waals surface area (Å²) in [5.74, 6) is 0.167. The molecule has 0 N–H and O–H groups in total. The van der Waals surface area contributed by atoms with Crippen molar-refractivity contribution < 1.29 is 26.7 Å². The monoisotopic (exact) mass is 590 g/mol. The number of carbonyl (C=O) groups excluding carboxylic acids is 1. The number of hydrogen-bond donors (Lipinski definition) is 0. The molecule has 0 bridgehead atoms. The normalized spacial score (nSPS) is 9.82. The van der Waals surface area contributed by atoms with Crippen LogP contribution in [0.5, 0.6) is 0 Å². The Morgan fingerprint density at radius 2 is 0.882 bits per heavy atom. The van der Waals surface area contributed by atoms with Gasteiger partial charge in [0.15, 0.2) is 0 Å². The highest BCUT2D eigenvalue weighted by Crippen LogP contribution is 2.28. The minimum Gasteiger partial charge on any atom is -0.388 e. The average molecular weight is 591 g/mol. The van der Waals surface area contributed by atoms with Crippen LogP contribution in [0, 0.1) is 5.41 Å². The molecule has 0 fully saturated rings. The van der Waals surface area contributed by atoms with E-state index in [1.165, 1.54) is 13.8 Å². The first-order chi connectivity index (χ1) is 14.3. The first-order valence-corrected chi connectivity index (χ1v) is 23.4. The van der Waals surface area contributed by atoms with Crippen molar-refractivity contribution in [1.29, 1.82) is 0 Å². The van der Waals surface area contributed by atoms with E-state index in [0.717, 1.165) is 12.5 Å². The molecule has 0 aromatic heterocycles. The summed E-state index contributed by atoms with van der Waals surface area (Å²) in [6.07, 6.45) is 9.68. The molecule has 0 atom stereocenters. The molecule has 0 aliphatic heterocycles. The summed E-state index contributed by atoms with van der Waals surface area (Å²) in [5.41, 5.74) is 0.500. The third-order valence-electron chi connectivity index (χ3n) is 0. The number of sulfone groups is 1. The molecule has 0 radical (unpaired) electrons. The standard InChI is InChI=1S/C5H12.C4H12Si.C3H9OP.C3H6O.C2H6O2S.C2H6OS.C2H6O.C2H6S/c3*1-5(2,3)4;1-3(2)4;1-5(2,3)4;1-4(2)3;2*1-3-2/h2*1-4H3;1-3H3;1-2H3;1-2H3;1-2H3;2*1-2H3. The first kappa shape index (κ1) is 55.2. The van der Waals surface area contributed by atoms with Gasteiger partial charge in [-0.05, 0) is 51.8 Å². The van der Waals surface area contributed by atoms with Gasteiger partial charge in [-0.1, -0.05) is 53.9 Å². The maximum Gasteiger partial charge on any atom is 0.144 e. The fourth-order valence-electron chi connectivity index (χ4n) is 0. The summed E-state index contributed by atoms with van der Waals surface area (Å²) in [7, 11) is -2.28. The van der Waals surface area contributed by atoms with Crippen LogP contribution in [0.15, 0.2) is 0 Å². The predicted molar refractivity (Wildman–Crippen MR) is 169 cm³/mol. The second-order valence-electron chi connectivity index (χ2n) is 11.5. The molecule has 34 heavy (non-hydrogen) atoms. The summed E-state index contributed by atoms with van der Waals surface area (Å²) in [6.45, 7) is 26.3. The van der Waals surface area contributed by atoms with Crippen LogP contribution in [-0.2, 0) is 34.7 Å². The third-order valence-corrected chi connectivity index (χ3v) is 0. The van der Waals surface area contributed by atoms with E-state index in [1.54, 1.807) is 58.5 Å². The van der Waals surface area contributed by atoms with E-state index in [-0.39, 0.29) is 5.78 Å². The molecule has 0 unspecified atom stereocenters. The van der Waals surface area contributed by atoms with E-state index >= 15 is 0 Å². The first-order valence-electron chi connectivity index (χ1n) is 10.5. The van der Waals surface area contributed by atoms with Crippen molar-refractivity contribution in [2.24, 2.45) is 5.41 Å². The zero-order valence-electron chi connectivity index (χ0n) is 26.6. The Balaban J connectivity index is -0.0000000382. The lowest BCUT2D eigenvalue weighted by atomic mass is 10.0. The smallest absolute Gasteiger partial charge is 0.144 e. The Labute approximate surface area is 224 Å². The van der Waals surface area contributed by atoms with Crippen LogP contribution in [0.2, 0.25) is 26.2 Å². The van der Waals surface area contributed by atoms with Crippen molar-refractivity contribution in [3.8, 4) is 0 Å². The second-order valence-corrected chi connectivity index (χ2v) is 25.9. The summed E-state index contributed by atoms with van der Waals surface area (Å²) in [5, 5.41) is 0. The zero-order valence-corrected chi connectivity index (χ0v) is 31.0. The van der Waals surface area contributed by atoms with Crippen LogP contribution in [-0.4, -0.2) is 98.2 Å². The van der Waals surface area contributed by atoms with E-state index in [9.17, 15) is 22.0 Å². The average Bonchev–Trinajstić information content (AvgIpc) is 2.28. The molecule has 0 aromatic rings. The van der Waals surface area contributed by atoms with Gasteiger partial charge in [-0.2, -0.15) is 11.8 Å². The number of rotatable bonds is 0. The molecular weight excluding hydrogens is 528 g/mol. The van der Waals surface area contributed by atoms with Crippen molar-refractivity contribution in [1.82, 2.24) is 0 Å². The molecule has 0 aliphatic carbocycles. The van der Waals surface area contributed by atoms with Crippen LogP contribution < -0.4 is 0 Å². The number of thioether (sulfide) groups is 1. The Morgan fingerprint density at radius 3 is 0.882 bits per heavy atom. The number of Topliss-reactive ketones (excluding diaryl/α,β-unsaturated/α-hetero) is 1. The third kappa shape index (κ3) is 116000. The van der Waals surface area contributed by atoms with Gasteiger partial charge < -0.3 is 14.1 Å². The summed E-state index contributed by atoms with van der Waals surface area (Å²) < 4.78 is 43.3. The number of carbonyl (C=O) groups is 1. The highest BCUT2D eigenvalue weighted by atomic mass is 32.2. The van der Waals surface area contributed by atoms with Gasteiger partial charge in [0.2, 0.25) is 0 Å². The highest BCUT2D eigenvalue weighted by Gasteiger charge is 1.99. The van der Waals surface area contributed by atoms with Crippen molar-refractivity contribution in [2.75, 3.05) is 71.7 Å². The van der Waals surface area contributed by atoms with Gasteiger partial charge in [-0.15, -0.1) is 0 Å². The fourth-order valence-corrected chi connectivity index (χ4v) is 0. The van der Waals surface area contributed by atoms with Crippen LogP contribution in [0.1, 0.15) is 41.5 Å². The largest absolute Gasteiger partial charge is 0.388 e. The molecule has 0 aliphatic rings. The predicted octanol–water partition coefficient (Wildman–Crippen LogP) is 6.74. The van der Waals surface area contributed by atoms with Crippen molar-refractivity contribution in [3.63, 3.8) is 0 Å². The van der Waals surface area contributed by atoms with Crippen molar-refractivity contribution in [3.05, 3.63) is 0 Å². The molecule has 11 heteroatoms. The zero-order chi connectivity index (χ0) is 30.6. The topological polar surface area (TPSA) is 94.6 Å². The Kier molecular flexibility index (Phi) is 54.4. The summed E-state index contributed by atoms with van der Waals surface area (Å²) in [6, 6.07) is 0. The second kappa shape index (κ2) is 33.5. The summed E-state index contributed by atoms with van der Waals surface area (Å²) >= 11 is 1.75. The number of ketones is 1. The Bertz CT molecular complexity index is 500. The fraction of sp³-hybridized carbons (Fsp3) is 0.957. The Morgan fingerprint density at radius 1 is 0.882 bits per heavy atom. The molecule has 0 rings (SSSR count). The van der Waals surface area contributed by atoms with E-state index in [1.807, 2.05) is 12.5 Å². The molecule has 0 saturated carbocycles. The maximum absolute atomic E-state index is 10.2. The minimum atomic E-state index is -2.67. The molecular formula is C23H63O6PS3Si. The number of ether oxygens (including phenoxy) is 1. The van der Waals surface area contributed by atoms with Gasteiger partial charge in [-0.3, -0.25) is 4.21 Å². The van der Waals surface area contributed by atoms with Gasteiger partial charge in [0.05, 0.1) is 7.14 Å². The van der Waals surface area contributed by atoms with Gasteiger partial charge in [0, 0.05) is 58.1 Å². The molecule has 0 amide bonds. The molecule has 218 valence electrons. The van der Waals surface area contributed by atoms with E-state index in [2.05, 4.69) is 58.6 Å². The van der Waals surface area contributed by atoms with Gasteiger partial charge in [0.25, 0.3) is 0 Å². The van der Waals surface area contributed by atoms with Crippen LogP contribution in [0.3, 0.4) is 0 Å². The van der Waals surface area contributed by atoms with Crippen LogP contribution in [0.4, 0.5) is 0 Å². The summed E-state index contributed by atoms with van der Waals surface area (Å²) in [4.78, 5) is 9.44. The Hall–Kier alpha value is 0.527. The van der Waals surface area contributed by atoms with Crippen molar-refractivity contribution >= 4 is 53.4 Å². The molecule has 0 spiro atoms. The molecule has 0 heterocycles. The number of methoxy groups -OCH3 is 1. The number of hydrogen-bond acceptors (Lipinski definition) is 7. The highest BCUT2D eigenvalue weighted by molar-refractivity contribution is 7.97. The van der Waals surface area contributed by atoms with Gasteiger partial charge in [0.1, 0.15) is 15.6 Å². The maximum atomic E-state index is 10.2. The van der Waals surface area contributed by atoms with Gasteiger partial charge >= 0.3 is 0 Å². The molecule has 0 saturated heterocycles. The SMILES string of the molecule is CC(C)(C)C.CC(C)=O.COC.CP(C)(C)=O.CS(C)(=O)=O.CS(C)=O.CSC.C[Si](C)(C)C. The molecule has 0 aromatic carbocycles. The lowest BCUT2D eigenvalue weighted by Gasteiger charge is -2.05. The molecule has 6 nitrogen and oxygen atoms in total. The quantitative estimate of drug-likeness (QED) is 0.228. The van der Waals surface area contributed by atoms with Gasteiger partial charge in [-0.25, -0.2) is 8.42 Å². The van der Waals surface area contributed by atoms with E-state index < -0.39 is 35.9 Å². The van der Waals surface area contributed by atoms with E-state index in [4.69, 9.17) is 0 Å². The van der Waals surface area contributed by atoms with E-state index in [0.29, 0.717) is 5.41 Å². The lowest BCUT2D eigenvalue weighted by Crippen LogP contribution is -2.10.